The third-order valence-electron chi connectivity index (χ3n) is 4.38. The Kier molecular flexibility index (Phi) is 7.81. The number of esters is 1. The van der Waals surface area contributed by atoms with Crippen LogP contribution >= 0.6 is 23.2 Å². The highest BCUT2D eigenvalue weighted by Gasteiger charge is 2.14. The highest BCUT2D eigenvalue weighted by atomic mass is 35.5. The van der Waals surface area contributed by atoms with Crippen LogP contribution in [0.15, 0.2) is 60.7 Å². The van der Waals surface area contributed by atoms with Gasteiger partial charge in [0.15, 0.2) is 6.61 Å². The fourth-order valence-corrected chi connectivity index (χ4v) is 3.21. The molecule has 7 nitrogen and oxygen atoms in total. The Morgan fingerprint density at radius 1 is 1.06 bits per heavy atom. The monoisotopic (exact) mass is 471 g/mol. The molecule has 164 valence electrons. The Bertz CT molecular complexity index is 1160. The van der Waals surface area contributed by atoms with Crippen LogP contribution in [0.4, 0.5) is 0 Å². The molecule has 0 radical (unpaired) electrons. The molecule has 1 aromatic heterocycles. The number of aromatic nitrogens is 2. The van der Waals surface area contributed by atoms with Crippen LogP contribution in [0.3, 0.4) is 0 Å². The van der Waals surface area contributed by atoms with Gasteiger partial charge in [-0.3, -0.25) is 14.9 Å². The van der Waals surface area contributed by atoms with Crippen molar-refractivity contribution in [2.75, 3.05) is 6.61 Å². The van der Waals surface area contributed by atoms with Gasteiger partial charge in [-0.25, -0.2) is 9.48 Å². The summed E-state index contributed by atoms with van der Waals surface area (Å²) < 4.78 is 6.49. The topological polar surface area (TPSA) is 90.3 Å². The molecule has 0 aliphatic rings. The summed E-state index contributed by atoms with van der Waals surface area (Å²) in [5, 5.41) is 7.53. The number of amides is 2. The van der Waals surface area contributed by atoms with E-state index >= 15 is 0 Å². The molecule has 0 atom stereocenters. The van der Waals surface area contributed by atoms with Gasteiger partial charge in [0, 0.05) is 22.2 Å². The second-order valence-electron chi connectivity index (χ2n) is 6.76. The summed E-state index contributed by atoms with van der Waals surface area (Å²) in [7, 11) is 0. The van der Waals surface area contributed by atoms with Gasteiger partial charge in [-0.2, -0.15) is 5.10 Å². The molecule has 0 saturated carbocycles. The van der Waals surface area contributed by atoms with Crippen LogP contribution in [0.5, 0.6) is 0 Å². The first-order valence-electron chi connectivity index (χ1n) is 9.55. The van der Waals surface area contributed by atoms with Gasteiger partial charge in [0.25, 0.3) is 11.8 Å². The van der Waals surface area contributed by atoms with Crippen molar-refractivity contribution in [3.8, 4) is 0 Å². The lowest BCUT2D eigenvalue weighted by Gasteiger charge is -2.04. The van der Waals surface area contributed by atoms with Crippen molar-refractivity contribution >= 4 is 47.1 Å². The van der Waals surface area contributed by atoms with Crippen molar-refractivity contribution in [2.45, 2.75) is 13.5 Å². The van der Waals surface area contributed by atoms with E-state index in [1.807, 2.05) is 12.1 Å². The fraction of sp³-hybridized carbons (Fsp3) is 0.130. The standard InChI is InChI=1S/C23H19Cl2N3O4/c1-15-19(22(25)28(27-15)13-16-7-9-18(24)10-8-16)11-12-21(30)32-14-20(29)26-23(31)17-5-3-2-4-6-17/h2-12H,13-14H2,1H3,(H,26,29,31)/b12-11+. The number of ether oxygens (including phenoxy) is 1. The molecule has 1 heterocycles. The lowest BCUT2D eigenvalue weighted by atomic mass is 10.2. The summed E-state index contributed by atoms with van der Waals surface area (Å²) in [5.41, 5.74) is 2.47. The van der Waals surface area contributed by atoms with E-state index in [-0.39, 0.29) is 0 Å². The SMILES string of the molecule is Cc1nn(Cc2ccc(Cl)cc2)c(Cl)c1/C=C/C(=O)OCC(=O)NC(=O)c1ccccc1. The Morgan fingerprint density at radius 2 is 1.75 bits per heavy atom. The van der Waals surface area contributed by atoms with Gasteiger partial charge < -0.3 is 4.74 Å². The number of hydrogen-bond donors (Lipinski definition) is 1. The summed E-state index contributed by atoms with van der Waals surface area (Å²) in [5.74, 6) is -2.06. The van der Waals surface area contributed by atoms with E-state index in [2.05, 4.69) is 10.4 Å². The summed E-state index contributed by atoms with van der Waals surface area (Å²) >= 11 is 12.3. The van der Waals surface area contributed by atoms with Gasteiger partial charge in [0.1, 0.15) is 5.15 Å². The predicted molar refractivity (Wildman–Crippen MR) is 121 cm³/mol. The minimum atomic E-state index is -0.756. The summed E-state index contributed by atoms with van der Waals surface area (Å²) in [6, 6.07) is 15.5. The lowest BCUT2D eigenvalue weighted by Crippen LogP contribution is -2.33. The number of carbonyl (C=O) groups excluding carboxylic acids is 3. The number of imide groups is 1. The van der Waals surface area contributed by atoms with Crippen LogP contribution in [0.2, 0.25) is 10.2 Å². The molecule has 0 spiro atoms. The minimum Gasteiger partial charge on any atom is -0.452 e. The molecule has 0 aliphatic heterocycles. The number of nitrogens with one attached hydrogen (secondary N) is 1. The predicted octanol–water partition coefficient (Wildman–Crippen LogP) is 4.06. The fourth-order valence-electron chi connectivity index (χ4n) is 2.78. The highest BCUT2D eigenvalue weighted by Crippen LogP contribution is 2.22. The van der Waals surface area contributed by atoms with E-state index in [9.17, 15) is 14.4 Å². The molecule has 3 aromatic rings. The molecule has 32 heavy (non-hydrogen) atoms. The molecule has 0 fully saturated rings. The van der Waals surface area contributed by atoms with E-state index in [0.29, 0.717) is 33.5 Å². The van der Waals surface area contributed by atoms with E-state index in [0.717, 1.165) is 11.6 Å². The second kappa shape index (κ2) is 10.7. The number of hydrogen-bond acceptors (Lipinski definition) is 5. The molecule has 2 aromatic carbocycles. The maximum atomic E-state index is 12.0. The second-order valence-corrected chi connectivity index (χ2v) is 7.55. The maximum absolute atomic E-state index is 12.0. The molecular formula is C23H19Cl2N3O4. The van der Waals surface area contributed by atoms with Gasteiger partial charge in [-0.1, -0.05) is 53.5 Å². The smallest absolute Gasteiger partial charge is 0.331 e. The molecule has 3 rings (SSSR count). The van der Waals surface area contributed by atoms with Crippen LogP contribution < -0.4 is 5.32 Å². The summed E-state index contributed by atoms with van der Waals surface area (Å²) in [6.07, 6.45) is 2.62. The van der Waals surface area contributed by atoms with Crippen molar-refractivity contribution < 1.29 is 19.1 Å². The van der Waals surface area contributed by atoms with Gasteiger partial charge in [0.2, 0.25) is 0 Å². The van der Waals surface area contributed by atoms with Crippen LogP contribution in [-0.2, 0) is 20.9 Å². The Labute approximate surface area is 194 Å². The summed E-state index contributed by atoms with van der Waals surface area (Å²) in [4.78, 5) is 35.7. The molecule has 9 heteroatoms. The van der Waals surface area contributed by atoms with E-state index in [1.165, 1.54) is 6.08 Å². The van der Waals surface area contributed by atoms with Gasteiger partial charge >= 0.3 is 5.97 Å². The Balaban J connectivity index is 1.54. The number of aryl methyl sites for hydroxylation is 1. The van der Waals surface area contributed by atoms with E-state index < -0.39 is 24.4 Å². The van der Waals surface area contributed by atoms with Crippen LogP contribution in [0, 0.1) is 6.92 Å². The van der Waals surface area contributed by atoms with Crippen LogP contribution in [0.1, 0.15) is 27.2 Å². The average molecular weight is 472 g/mol. The molecule has 0 aliphatic carbocycles. The van der Waals surface area contributed by atoms with Gasteiger partial charge in [0.05, 0.1) is 12.2 Å². The van der Waals surface area contributed by atoms with Crippen molar-refractivity contribution in [3.63, 3.8) is 0 Å². The molecular weight excluding hydrogens is 453 g/mol. The molecule has 0 saturated heterocycles. The molecule has 0 bridgehead atoms. The van der Waals surface area contributed by atoms with Crippen molar-refractivity contribution in [1.82, 2.24) is 15.1 Å². The first-order valence-corrected chi connectivity index (χ1v) is 10.3. The zero-order valence-electron chi connectivity index (χ0n) is 17.0. The van der Waals surface area contributed by atoms with E-state index in [1.54, 1.807) is 54.1 Å². The summed E-state index contributed by atoms with van der Waals surface area (Å²) in [6.45, 7) is 1.60. The number of rotatable bonds is 7. The largest absolute Gasteiger partial charge is 0.452 e. The van der Waals surface area contributed by atoms with Crippen LogP contribution in [0.25, 0.3) is 6.08 Å². The lowest BCUT2D eigenvalue weighted by molar-refractivity contribution is -0.143. The first-order chi connectivity index (χ1) is 15.3. The van der Waals surface area contributed by atoms with Gasteiger partial charge in [-0.15, -0.1) is 0 Å². The zero-order valence-corrected chi connectivity index (χ0v) is 18.6. The van der Waals surface area contributed by atoms with E-state index in [4.69, 9.17) is 27.9 Å². The van der Waals surface area contributed by atoms with Crippen molar-refractivity contribution in [2.24, 2.45) is 0 Å². The molecule has 0 unspecified atom stereocenters. The normalized spacial score (nSPS) is 10.8. The average Bonchev–Trinajstić information content (AvgIpc) is 3.05. The van der Waals surface area contributed by atoms with Crippen molar-refractivity contribution in [1.29, 1.82) is 0 Å². The Hall–Kier alpha value is -3.42. The maximum Gasteiger partial charge on any atom is 0.331 e. The number of benzene rings is 2. The Morgan fingerprint density at radius 3 is 2.44 bits per heavy atom. The first kappa shape index (κ1) is 23.2. The third-order valence-corrected chi connectivity index (χ3v) is 5.03. The molecule has 1 N–H and O–H groups in total. The van der Waals surface area contributed by atoms with Gasteiger partial charge in [-0.05, 0) is 42.8 Å². The highest BCUT2D eigenvalue weighted by molar-refractivity contribution is 6.31. The number of halogens is 2. The quantitative estimate of drug-likeness (QED) is 0.414. The third kappa shape index (κ3) is 6.29. The minimum absolute atomic E-state index is 0.327. The number of nitrogens with zero attached hydrogens (tertiary/aromatic N) is 2. The van der Waals surface area contributed by atoms with Crippen molar-refractivity contribution in [3.05, 3.63) is 93.2 Å². The number of carbonyl (C=O) groups is 3. The zero-order chi connectivity index (χ0) is 23.1. The molecule has 2 amide bonds. The van der Waals surface area contributed by atoms with Crippen LogP contribution in [-0.4, -0.2) is 34.2 Å².